The Hall–Kier alpha value is -0.830. The summed E-state index contributed by atoms with van der Waals surface area (Å²) in [6.07, 6.45) is 1.97. The number of ether oxygens (including phenoxy) is 1. The molecule has 0 fully saturated rings. The molecule has 0 saturated heterocycles. The van der Waals surface area contributed by atoms with Crippen molar-refractivity contribution in [3.05, 3.63) is 11.6 Å². The SMILES string of the molecule is CCC(=O)OC(O)C(C)(C)CC=C(C)C. The maximum atomic E-state index is 11.0. The molecular weight excluding hydrogens is 192 g/mol. The van der Waals surface area contributed by atoms with E-state index in [1.54, 1.807) is 6.92 Å². The zero-order chi connectivity index (χ0) is 12.1. The quantitative estimate of drug-likeness (QED) is 0.435. The predicted octanol–water partition coefficient (Wildman–Crippen LogP) is 2.64. The van der Waals surface area contributed by atoms with Gasteiger partial charge in [0.05, 0.1) is 0 Å². The lowest BCUT2D eigenvalue weighted by Crippen LogP contribution is -2.33. The molecule has 1 N–H and O–H groups in total. The summed E-state index contributed by atoms with van der Waals surface area (Å²) >= 11 is 0. The molecule has 3 nitrogen and oxygen atoms in total. The second-order valence-corrected chi connectivity index (χ2v) is 4.67. The van der Waals surface area contributed by atoms with Crippen LogP contribution in [0.4, 0.5) is 0 Å². The van der Waals surface area contributed by atoms with Gasteiger partial charge in [0.15, 0.2) is 0 Å². The predicted molar refractivity (Wildman–Crippen MR) is 60.2 cm³/mol. The minimum absolute atomic E-state index is 0.287. The molecule has 0 bridgehead atoms. The number of esters is 1. The summed E-state index contributed by atoms with van der Waals surface area (Å²) in [7, 11) is 0. The van der Waals surface area contributed by atoms with Gasteiger partial charge >= 0.3 is 5.97 Å². The Morgan fingerprint density at radius 2 is 2.00 bits per heavy atom. The van der Waals surface area contributed by atoms with E-state index in [9.17, 15) is 9.90 Å². The average Bonchev–Trinajstić information content (AvgIpc) is 2.14. The molecule has 88 valence electrons. The first-order chi connectivity index (χ1) is 6.79. The smallest absolute Gasteiger partial charge is 0.307 e. The molecule has 1 atom stereocenters. The molecule has 3 heteroatoms. The van der Waals surface area contributed by atoms with Gasteiger partial charge < -0.3 is 9.84 Å². The Labute approximate surface area is 92.1 Å². The van der Waals surface area contributed by atoms with Crippen molar-refractivity contribution in [1.82, 2.24) is 0 Å². The molecule has 0 heterocycles. The molecule has 0 aromatic heterocycles. The van der Waals surface area contributed by atoms with Gasteiger partial charge in [-0.25, -0.2) is 0 Å². The van der Waals surface area contributed by atoms with E-state index in [-0.39, 0.29) is 12.4 Å². The summed E-state index contributed by atoms with van der Waals surface area (Å²) in [5.74, 6) is -0.368. The van der Waals surface area contributed by atoms with Crippen LogP contribution in [-0.4, -0.2) is 17.4 Å². The van der Waals surface area contributed by atoms with Crippen LogP contribution in [-0.2, 0) is 9.53 Å². The number of carbonyl (C=O) groups excluding carboxylic acids is 1. The van der Waals surface area contributed by atoms with Crippen molar-refractivity contribution in [2.75, 3.05) is 0 Å². The lowest BCUT2D eigenvalue weighted by Gasteiger charge is -2.28. The third-order valence-corrected chi connectivity index (χ3v) is 2.24. The largest absolute Gasteiger partial charge is 0.435 e. The molecule has 0 rings (SSSR count). The molecular formula is C12H22O3. The van der Waals surface area contributed by atoms with E-state index in [1.165, 1.54) is 5.57 Å². The second kappa shape index (κ2) is 5.91. The van der Waals surface area contributed by atoms with Crippen molar-refractivity contribution in [2.45, 2.75) is 53.8 Å². The monoisotopic (exact) mass is 214 g/mol. The molecule has 0 aliphatic carbocycles. The van der Waals surface area contributed by atoms with Crippen LogP contribution < -0.4 is 0 Å². The van der Waals surface area contributed by atoms with Gasteiger partial charge in [0.2, 0.25) is 6.29 Å². The van der Waals surface area contributed by atoms with E-state index in [0.29, 0.717) is 6.42 Å². The minimum Gasteiger partial charge on any atom is -0.435 e. The first-order valence-corrected chi connectivity index (χ1v) is 5.30. The number of allylic oxidation sites excluding steroid dienone is 2. The number of rotatable bonds is 5. The molecule has 0 aromatic carbocycles. The van der Waals surface area contributed by atoms with Gasteiger partial charge in [0, 0.05) is 11.8 Å². The molecule has 0 radical (unpaired) electrons. The number of hydrogen-bond acceptors (Lipinski definition) is 3. The first-order valence-electron chi connectivity index (χ1n) is 5.30. The number of carbonyl (C=O) groups is 1. The molecule has 0 spiro atoms. The summed E-state index contributed by atoms with van der Waals surface area (Å²) in [6.45, 7) is 9.46. The van der Waals surface area contributed by atoms with Crippen molar-refractivity contribution >= 4 is 5.97 Å². The van der Waals surface area contributed by atoms with Crippen LogP contribution in [0, 0.1) is 5.41 Å². The van der Waals surface area contributed by atoms with Crippen molar-refractivity contribution in [3.8, 4) is 0 Å². The lowest BCUT2D eigenvalue weighted by atomic mass is 9.88. The maximum Gasteiger partial charge on any atom is 0.307 e. The molecule has 0 aromatic rings. The van der Waals surface area contributed by atoms with E-state index in [4.69, 9.17) is 4.74 Å². The van der Waals surface area contributed by atoms with Crippen LogP contribution in [0.2, 0.25) is 0 Å². The fourth-order valence-corrected chi connectivity index (χ4v) is 0.935. The van der Waals surface area contributed by atoms with E-state index < -0.39 is 11.7 Å². The van der Waals surface area contributed by atoms with Crippen molar-refractivity contribution < 1.29 is 14.6 Å². The highest BCUT2D eigenvalue weighted by molar-refractivity contribution is 5.69. The van der Waals surface area contributed by atoms with E-state index in [2.05, 4.69) is 0 Å². The van der Waals surface area contributed by atoms with Crippen LogP contribution in [0.25, 0.3) is 0 Å². The van der Waals surface area contributed by atoms with E-state index in [1.807, 2.05) is 33.8 Å². The standard InChI is InChI=1S/C12H22O3/c1-6-10(13)15-11(14)12(4,5)8-7-9(2)3/h7,11,14H,6,8H2,1-5H3. The highest BCUT2D eigenvalue weighted by Gasteiger charge is 2.29. The van der Waals surface area contributed by atoms with Gasteiger partial charge in [0.25, 0.3) is 0 Å². The summed E-state index contributed by atoms with van der Waals surface area (Å²) in [6, 6.07) is 0. The number of aliphatic hydroxyl groups is 1. The number of hydrogen-bond donors (Lipinski definition) is 1. The molecule has 1 unspecified atom stereocenters. The molecule has 0 aliphatic heterocycles. The average molecular weight is 214 g/mol. The lowest BCUT2D eigenvalue weighted by molar-refractivity contribution is -0.188. The topological polar surface area (TPSA) is 46.5 Å². The summed E-state index contributed by atoms with van der Waals surface area (Å²) in [4.78, 5) is 11.0. The molecule has 15 heavy (non-hydrogen) atoms. The first kappa shape index (κ1) is 14.2. The fraction of sp³-hybridized carbons (Fsp3) is 0.750. The highest BCUT2D eigenvalue weighted by Crippen LogP contribution is 2.27. The van der Waals surface area contributed by atoms with Crippen LogP contribution in [0.15, 0.2) is 11.6 Å². The number of aliphatic hydroxyl groups excluding tert-OH is 1. The van der Waals surface area contributed by atoms with Crippen LogP contribution in [0.3, 0.4) is 0 Å². The van der Waals surface area contributed by atoms with Crippen molar-refractivity contribution in [3.63, 3.8) is 0 Å². The van der Waals surface area contributed by atoms with E-state index in [0.717, 1.165) is 0 Å². The third-order valence-electron chi connectivity index (χ3n) is 2.24. The third kappa shape index (κ3) is 5.57. The van der Waals surface area contributed by atoms with Crippen LogP contribution >= 0.6 is 0 Å². The normalized spacial score (nSPS) is 13.2. The molecule has 0 aliphatic rings. The van der Waals surface area contributed by atoms with Gasteiger partial charge in [0.1, 0.15) is 0 Å². The Morgan fingerprint density at radius 3 is 2.40 bits per heavy atom. The summed E-state index contributed by atoms with van der Waals surface area (Å²) in [5.41, 5.74) is 0.749. The van der Waals surface area contributed by atoms with Gasteiger partial charge in [-0.3, -0.25) is 4.79 Å². The van der Waals surface area contributed by atoms with E-state index >= 15 is 0 Å². The highest BCUT2D eigenvalue weighted by atomic mass is 16.6. The van der Waals surface area contributed by atoms with Gasteiger partial charge in [-0.05, 0) is 20.3 Å². The Morgan fingerprint density at radius 1 is 1.47 bits per heavy atom. The van der Waals surface area contributed by atoms with Crippen molar-refractivity contribution in [2.24, 2.45) is 5.41 Å². The van der Waals surface area contributed by atoms with Crippen LogP contribution in [0.5, 0.6) is 0 Å². The molecule has 0 amide bonds. The fourth-order valence-electron chi connectivity index (χ4n) is 0.935. The van der Waals surface area contributed by atoms with Crippen LogP contribution in [0.1, 0.15) is 47.5 Å². The Kier molecular flexibility index (Phi) is 5.58. The Bertz CT molecular complexity index is 237. The zero-order valence-electron chi connectivity index (χ0n) is 10.3. The summed E-state index contributed by atoms with van der Waals surface area (Å²) in [5, 5.41) is 9.72. The second-order valence-electron chi connectivity index (χ2n) is 4.67. The maximum absolute atomic E-state index is 11.0. The Balaban J connectivity index is 4.31. The van der Waals surface area contributed by atoms with Gasteiger partial charge in [-0.1, -0.05) is 32.4 Å². The van der Waals surface area contributed by atoms with Gasteiger partial charge in [-0.2, -0.15) is 0 Å². The van der Waals surface area contributed by atoms with Crippen molar-refractivity contribution in [1.29, 1.82) is 0 Å². The summed E-state index contributed by atoms with van der Waals surface area (Å²) < 4.78 is 4.88. The zero-order valence-corrected chi connectivity index (χ0v) is 10.3. The minimum atomic E-state index is -1.04. The molecule has 0 saturated carbocycles. The van der Waals surface area contributed by atoms with Gasteiger partial charge in [-0.15, -0.1) is 0 Å².